The molecule has 0 aliphatic carbocycles. The first-order chi connectivity index (χ1) is 7.73. The highest BCUT2D eigenvalue weighted by molar-refractivity contribution is 5.91. The van der Waals surface area contributed by atoms with Gasteiger partial charge in [0.05, 0.1) is 6.42 Å². The number of hydrogen-bond donors (Lipinski definition) is 4. The minimum atomic E-state index is -1.39. The number of aliphatic carboxylic acids is 1. The summed E-state index contributed by atoms with van der Waals surface area (Å²) in [6, 6.07) is -2.28. The minimum absolute atomic E-state index is 0.422. The summed E-state index contributed by atoms with van der Waals surface area (Å²) in [4.78, 5) is 43.4. The van der Waals surface area contributed by atoms with E-state index in [-0.39, 0.29) is 0 Å². The molecule has 0 fully saturated rings. The van der Waals surface area contributed by atoms with Gasteiger partial charge in [0.25, 0.3) is 0 Å². The first-order valence-corrected chi connectivity index (χ1v) is 4.82. The Labute approximate surface area is 97.5 Å². The van der Waals surface area contributed by atoms with Crippen LogP contribution in [-0.2, 0) is 19.2 Å². The Morgan fingerprint density at radius 3 is 2.12 bits per heavy atom. The van der Waals surface area contributed by atoms with Crippen LogP contribution in [0.2, 0.25) is 0 Å². The van der Waals surface area contributed by atoms with Crippen LogP contribution >= 0.6 is 0 Å². The van der Waals surface area contributed by atoms with Crippen molar-refractivity contribution in [1.82, 2.24) is 10.6 Å². The lowest BCUT2D eigenvalue weighted by atomic mass is 10.2. The third kappa shape index (κ3) is 6.13. The highest BCUT2D eigenvalue weighted by atomic mass is 16.4. The molecule has 0 aromatic carbocycles. The molecule has 0 aliphatic heterocycles. The number of amides is 3. The number of primary amides is 1. The molecule has 0 bridgehead atoms. The van der Waals surface area contributed by atoms with Crippen LogP contribution in [-0.4, -0.2) is 40.9 Å². The third-order valence-corrected chi connectivity index (χ3v) is 1.83. The summed E-state index contributed by atoms with van der Waals surface area (Å²) < 4.78 is 0. The van der Waals surface area contributed by atoms with Gasteiger partial charge in [-0.3, -0.25) is 14.4 Å². The molecule has 0 radical (unpaired) electrons. The molecule has 0 aromatic heterocycles. The Kier molecular flexibility index (Phi) is 5.65. The lowest BCUT2D eigenvalue weighted by Crippen LogP contribution is -2.51. The summed E-state index contributed by atoms with van der Waals surface area (Å²) in [5.41, 5.74) is 4.84. The van der Waals surface area contributed by atoms with Crippen LogP contribution in [0, 0.1) is 0 Å². The summed E-state index contributed by atoms with van der Waals surface area (Å²) in [6.45, 7) is 2.61. The normalized spacial score (nSPS) is 13.3. The number of carboxylic acids is 1. The lowest BCUT2D eigenvalue weighted by molar-refractivity contribution is -0.143. The third-order valence-electron chi connectivity index (χ3n) is 1.83. The van der Waals surface area contributed by atoms with Crippen LogP contribution < -0.4 is 16.4 Å². The van der Waals surface area contributed by atoms with Crippen LogP contribution in [0.25, 0.3) is 0 Å². The van der Waals surface area contributed by atoms with E-state index in [4.69, 9.17) is 10.8 Å². The molecule has 0 spiro atoms. The van der Waals surface area contributed by atoms with Crippen molar-refractivity contribution in [3.05, 3.63) is 0 Å². The van der Waals surface area contributed by atoms with E-state index in [1.54, 1.807) is 0 Å². The monoisotopic (exact) mass is 245 g/mol. The second-order valence-electron chi connectivity index (χ2n) is 3.49. The number of nitrogens with one attached hydrogen (secondary N) is 2. The van der Waals surface area contributed by atoms with Gasteiger partial charge in [0.2, 0.25) is 17.7 Å². The average molecular weight is 245 g/mol. The summed E-state index contributed by atoms with van der Waals surface area (Å²) in [6.07, 6.45) is -0.506. The number of carbonyl (C=O) groups excluding carboxylic acids is 3. The van der Waals surface area contributed by atoms with Crippen LogP contribution in [0.3, 0.4) is 0 Å². The SMILES string of the molecule is CC(=O)N[C@@H](C)C(=O)N[C@@H](CC(N)=O)C(=O)O. The smallest absolute Gasteiger partial charge is 0.326 e. The van der Waals surface area contributed by atoms with Crippen LogP contribution in [0.5, 0.6) is 0 Å². The van der Waals surface area contributed by atoms with E-state index in [0.717, 1.165) is 0 Å². The zero-order valence-electron chi connectivity index (χ0n) is 9.52. The molecule has 8 nitrogen and oxygen atoms in total. The standard InChI is InChI=1S/C9H15N3O5/c1-4(11-5(2)13)8(15)12-6(9(16)17)3-7(10)14/h4,6H,3H2,1-2H3,(H2,10,14)(H,11,13)(H,12,15)(H,16,17)/t4-,6-/m0/s1. The second-order valence-corrected chi connectivity index (χ2v) is 3.49. The van der Waals surface area contributed by atoms with Crippen molar-refractivity contribution in [2.75, 3.05) is 0 Å². The van der Waals surface area contributed by atoms with Gasteiger partial charge in [0, 0.05) is 6.92 Å². The van der Waals surface area contributed by atoms with E-state index in [1.807, 2.05) is 0 Å². The zero-order valence-corrected chi connectivity index (χ0v) is 9.52. The Morgan fingerprint density at radius 1 is 1.24 bits per heavy atom. The molecular weight excluding hydrogens is 230 g/mol. The van der Waals surface area contributed by atoms with Gasteiger partial charge in [0.1, 0.15) is 12.1 Å². The Hall–Kier alpha value is -2.12. The molecule has 0 aliphatic rings. The molecule has 0 saturated carbocycles. The number of hydrogen-bond acceptors (Lipinski definition) is 4. The van der Waals surface area contributed by atoms with Crippen LogP contribution in [0.15, 0.2) is 0 Å². The summed E-state index contributed by atoms with van der Waals surface area (Å²) >= 11 is 0. The molecule has 0 aromatic rings. The first kappa shape index (κ1) is 14.9. The first-order valence-electron chi connectivity index (χ1n) is 4.82. The summed E-state index contributed by atoms with van der Waals surface area (Å²) in [7, 11) is 0. The Bertz CT molecular complexity index is 342. The average Bonchev–Trinajstić information content (AvgIpc) is 2.14. The van der Waals surface area contributed by atoms with E-state index in [0.29, 0.717) is 0 Å². The molecule has 0 rings (SSSR count). The predicted octanol–water partition coefficient (Wildman–Crippen LogP) is -2.04. The van der Waals surface area contributed by atoms with Crippen LogP contribution in [0.4, 0.5) is 0 Å². The van der Waals surface area contributed by atoms with E-state index in [2.05, 4.69) is 10.6 Å². The van der Waals surface area contributed by atoms with Gasteiger partial charge in [-0.2, -0.15) is 0 Å². The van der Waals surface area contributed by atoms with Gasteiger partial charge in [-0.05, 0) is 6.92 Å². The van der Waals surface area contributed by atoms with Gasteiger partial charge in [0.15, 0.2) is 0 Å². The highest BCUT2D eigenvalue weighted by Crippen LogP contribution is 1.93. The molecular formula is C9H15N3O5. The fourth-order valence-electron chi connectivity index (χ4n) is 1.07. The van der Waals surface area contributed by atoms with Crippen molar-refractivity contribution in [1.29, 1.82) is 0 Å². The number of carbonyl (C=O) groups is 4. The summed E-state index contributed by atoms with van der Waals surface area (Å²) in [5.74, 6) is -3.33. The van der Waals surface area contributed by atoms with Crippen molar-refractivity contribution in [2.24, 2.45) is 5.73 Å². The second kappa shape index (κ2) is 6.46. The van der Waals surface area contributed by atoms with Crippen molar-refractivity contribution < 1.29 is 24.3 Å². The molecule has 2 atom stereocenters. The Morgan fingerprint density at radius 2 is 1.76 bits per heavy atom. The van der Waals surface area contributed by atoms with Gasteiger partial charge in [-0.1, -0.05) is 0 Å². The van der Waals surface area contributed by atoms with Gasteiger partial charge in [-0.15, -0.1) is 0 Å². The topological polar surface area (TPSA) is 139 Å². The number of rotatable bonds is 6. The molecule has 96 valence electrons. The fraction of sp³-hybridized carbons (Fsp3) is 0.556. The van der Waals surface area contributed by atoms with Gasteiger partial charge < -0.3 is 21.5 Å². The van der Waals surface area contributed by atoms with E-state index >= 15 is 0 Å². The zero-order chi connectivity index (χ0) is 13.6. The van der Waals surface area contributed by atoms with Crippen molar-refractivity contribution in [3.63, 3.8) is 0 Å². The van der Waals surface area contributed by atoms with Crippen molar-refractivity contribution >= 4 is 23.7 Å². The maximum Gasteiger partial charge on any atom is 0.326 e. The molecule has 3 amide bonds. The number of nitrogens with two attached hydrogens (primary N) is 1. The quantitative estimate of drug-likeness (QED) is 0.427. The van der Waals surface area contributed by atoms with Crippen molar-refractivity contribution in [2.45, 2.75) is 32.4 Å². The Balaban J connectivity index is 4.44. The van der Waals surface area contributed by atoms with Gasteiger partial charge >= 0.3 is 5.97 Å². The maximum absolute atomic E-state index is 11.4. The molecule has 0 heterocycles. The number of carboxylic acid groups (broad SMARTS) is 1. The summed E-state index contributed by atoms with van der Waals surface area (Å²) in [5, 5.41) is 13.1. The fourth-order valence-corrected chi connectivity index (χ4v) is 1.07. The van der Waals surface area contributed by atoms with E-state index in [9.17, 15) is 19.2 Å². The minimum Gasteiger partial charge on any atom is -0.480 e. The maximum atomic E-state index is 11.4. The molecule has 5 N–H and O–H groups in total. The van der Waals surface area contributed by atoms with Crippen molar-refractivity contribution in [3.8, 4) is 0 Å². The molecule has 17 heavy (non-hydrogen) atoms. The predicted molar refractivity (Wildman–Crippen MR) is 56.7 cm³/mol. The molecule has 0 saturated heterocycles. The highest BCUT2D eigenvalue weighted by Gasteiger charge is 2.24. The van der Waals surface area contributed by atoms with E-state index in [1.165, 1.54) is 13.8 Å². The lowest BCUT2D eigenvalue weighted by Gasteiger charge is -2.17. The van der Waals surface area contributed by atoms with Gasteiger partial charge in [-0.25, -0.2) is 4.79 Å². The van der Waals surface area contributed by atoms with Crippen LogP contribution in [0.1, 0.15) is 20.3 Å². The molecule has 8 heteroatoms. The molecule has 0 unspecified atom stereocenters. The van der Waals surface area contributed by atoms with E-state index < -0.39 is 42.2 Å². The largest absolute Gasteiger partial charge is 0.480 e.